The number of non-ortho nitro benzene ring substituents is 1. The van der Waals surface area contributed by atoms with E-state index in [1.54, 1.807) is 0 Å². The molecule has 8 heteroatoms. The van der Waals surface area contributed by atoms with Gasteiger partial charge in [-0.05, 0) is 41.8 Å². The van der Waals surface area contributed by atoms with E-state index >= 15 is 0 Å². The monoisotopic (exact) mass is 356 g/mol. The molecule has 1 N–H and O–H groups in total. The first-order valence-corrected chi connectivity index (χ1v) is 7.11. The summed E-state index contributed by atoms with van der Waals surface area (Å²) in [5.74, 6) is -1.51. The number of carbonyl (C=O) groups is 2. The van der Waals surface area contributed by atoms with Gasteiger partial charge in [-0.25, -0.2) is 4.79 Å². The van der Waals surface area contributed by atoms with Crippen LogP contribution in [-0.2, 0) is 4.79 Å². The van der Waals surface area contributed by atoms with Gasteiger partial charge >= 0.3 is 5.97 Å². The number of amides is 1. The molecule has 1 aliphatic rings. The van der Waals surface area contributed by atoms with E-state index in [0.29, 0.717) is 0 Å². The van der Waals surface area contributed by atoms with Crippen LogP contribution in [0.4, 0.5) is 5.69 Å². The largest absolute Gasteiger partial charge is 0.480 e. The molecule has 1 amide bonds. The molecule has 21 heavy (non-hydrogen) atoms. The number of benzene rings is 1. The molecule has 2 rings (SSSR count). The van der Waals surface area contributed by atoms with Crippen LogP contribution in [0.3, 0.4) is 0 Å². The smallest absolute Gasteiger partial charge is 0.326 e. The second-order valence-electron chi connectivity index (χ2n) is 4.88. The van der Waals surface area contributed by atoms with Crippen molar-refractivity contribution in [2.75, 3.05) is 0 Å². The van der Waals surface area contributed by atoms with Gasteiger partial charge in [0.2, 0.25) is 0 Å². The summed E-state index contributed by atoms with van der Waals surface area (Å²) in [6.07, 6.45) is 1.54. The number of hydrogen-bond acceptors (Lipinski definition) is 4. The zero-order valence-corrected chi connectivity index (χ0v) is 12.7. The third-order valence-corrected chi connectivity index (χ3v) is 4.00. The van der Waals surface area contributed by atoms with Crippen molar-refractivity contribution in [3.63, 3.8) is 0 Å². The minimum absolute atomic E-state index is 0.0781. The van der Waals surface area contributed by atoms with Crippen LogP contribution in [0.25, 0.3) is 0 Å². The van der Waals surface area contributed by atoms with Crippen LogP contribution in [0.1, 0.15) is 30.1 Å². The van der Waals surface area contributed by atoms with Gasteiger partial charge in [0.25, 0.3) is 11.6 Å². The standard InChI is InChI=1S/C13H13BrN2O5/c1-7(13(18)19)15(8-2-3-8)12(17)10-5-4-9(16(20)21)6-11(10)14/h4-8H,2-3H2,1H3,(H,18,19). The lowest BCUT2D eigenvalue weighted by atomic mass is 10.1. The third-order valence-electron chi connectivity index (χ3n) is 3.34. The maximum atomic E-state index is 12.5. The maximum Gasteiger partial charge on any atom is 0.326 e. The van der Waals surface area contributed by atoms with Gasteiger partial charge in [-0.1, -0.05) is 0 Å². The topological polar surface area (TPSA) is 101 Å². The quantitative estimate of drug-likeness (QED) is 0.644. The Balaban J connectivity index is 2.33. The summed E-state index contributed by atoms with van der Waals surface area (Å²) in [5.41, 5.74) is 0.0864. The van der Waals surface area contributed by atoms with Crippen molar-refractivity contribution in [1.82, 2.24) is 4.90 Å². The highest BCUT2D eigenvalue weighted by Gasteiger charge is 2.39. The van der Waals surface area contributed by atoms with E-state index in [1.807, 2.05) is 0 Å². The number of nitrogens with zero attached hydrogens (tertiary/aromatic N) is 2. The number of aliphatic carboxylic acids is 1. The van der Waals surface area contributed by atoms with Crippen LogP contribution < -0.4 is 0 Å². The molecule has 0 saturated heterocycles. The van der Waals surface area contributed by atoms with Crippen molar-refractivity contribution in [2.24, 2.45) is 0 Å². The van der Waals surface area contributed by atoms with Gasteiger partial charge in [-0.3, -0.25) is 14.9 Å². The fraction of sp³-hybridized carbons (Fsp3) is 0.385. The van der Waals surface area contributed by atoms with Gasteiger partial charge in [-0.15, -0.1) is 0 Å². The molecule has 1 aromatic rings. The molecule has 0 bridgehead atoms. The molecular weight excluding hydrogens is 344 g/mol. The lowest BCUT2D eigenvalue weighted by Gasteiger charge is -2.26. The molecule has 112 valence electrons. The summed E-state index contributed by atoms with van der Waals surface area (Å²) in [5, 5.41) is 19.8. The first kappa shape index (κ1) is 15.4. The summed E-state index contributed by atoms with van der Waals surface area (Å²) in [6, 6.07) is 2.80. The Kier molecular flexibility index (Phi) is 4.26. The predicted octanol–water partition coefficient (Wildman–Crippen LogP) is 2.44. The van der Waals surface area contributed by atoms with E-state index in [1.165, 1.54) is 30.0 Å². The number of nitro benzene ring substituents is 1. The zero-order chi connectivity index (χ0) is 15.7. The number of rotatable bonds is 5. The molecule has 0 heterocycles. The van der Waals surface area contributed by atoms with Gasteiger partial charge in [0, 0.05) is 22.6 Å². The van der Waals surface area contributed by atoms with Crippen LogP contribution in [-0.4, -0.2) is 38.9 Å². The molecule has 0 radical (unpaired) electrons. The zero-order valence-electron chi connectivity index (χ0n) is 11.2. The Morgan fingerprint density at radius 3 is 2.52 bits per heavy atom. The Morgan fingerprint density at radius 1 is 1.48 bits per heavy atom. The second-order valence-corrected chi connectivity index (χ2v) is 5.73. The number of halogens is 1. The van der Waals surface area contributed by atoms with Crippen LogP contribution in [0, 0.1) is 10.1 Å². The molecule has 1 aliphatic carbocycles. The Hall–Kier alpha value is -1.96. The first-order chi connectivity index (χ1) is 9.82. The summed E-state index contributed by atoms with van der Waals surface area (Å²) in [7, 11) is 0. The predicted molar refractivity (Wildman–Crippen MR) is 77.1 cm³/mol. The highest BCUT2D eigenvalue weighted by atomic mass is 79.9. The number of carboxylic acids is 1. The van der Waals surface area contributed by atoms with Gasteiger partial charge < -0.3 is 10.0 Å². The van der Waals surface area contributed by atoms with Gasteiger partial charge in [0.1, 0.15) is 6.04 Å². The van der Waals surface area contributed by atoms with Crippen LogP contribution in [0.15, 0.2) is 22.7 Å². The molecule has 1 saturated carbocycles. The minimum Gasteiger partial charge on any atom is -0.480 e. The first-order valence-electron chi connectivity index (χ1n) is 6.32. The normalized spacial score (nSPS) is 15.3. The van der Waals surface area contributed by atoms with Gasteiger partial charge in [0.15, 0.2) is 0 Å². The van der Waals surface area contributed by atoms with Crippen LogP contribution in [0.5, 0.6) is 0 Å². The van der Waals surface area contributed by atoms with Gasteiger partial charge in [-0.2, -0.15) is 0 Å². The minimum atomic E-state index is -1.08. The highest BCUT2D eigenvalue weighted by Crippen LogP contribution is 2.32. The summed E-state index contributed by atoms with van der Waals surface area (Å²) in [6.45, 7) is 1.46. The summed E-state index contributed by atoms with van der Waals surface area (Å²) >= 11 is 3.14. The van der Waals surface area contributed by atoms with E-state index in [4.69, 9.17) is 5.11 Å². The van der Waals surface area contributed by atoms with E-state index in [0.717, 1.165) is 12.8 Å². The molecule has 0 spiro atoms. The molecule has 7 nitrogen and oxygen atoms in total. The SMILES string of the molecule is CC(C(=O)O)N(C(=O)c1ccc([N+](=O)[O-])cc1Br)C1CC1. The second kappa shape index (κ2) is 5.80. The molecule has 0 aliphatic heterocycles. The van der Waals surface area contributed by atoms with Crippen molar-refractivity contribution in [1.29, 1.82) is 0 Å². The average molecular weight is 357 g/mol. The number of carbonyl (C=O) groups excluding carboxylic acids is 1. The lowest BCUT2D eigenvalue weighted by Crippen LogP contribution is -2.44. The Morgan fingerprint density at radius 2 is 2.10 bits per heavy atom. The number of carboxylic acid groups (broad SMARTS) is 1. The Labute approximate surface area is 128 Å². The van der Waals surface area contributed by atoms with E-state index in [-0.39, 0.29) is 21.8 Å². The summed E-state index contributed by atoms with van der Waals surface area (Å²) in [4.78, 5) is 35.1. The van der Waals surface area contributed by atoms with Crippen molar-refractivity contribution in [3.8, 4) is 0 Å². The van der Waals surface area contributed by atoms with Crippen LogP contribution >= 0.6 is 15.9 Å². The molecule has 1 fully saturated rings. The number of nitro groups is 1. The third kappa shape index (κ3) is 3.21. The molecule has 1 unspecified atom stereocenters. The average Bonchev–Trinajstić information content (AvgIpc) is 3.22. The Bertz CT molecular complexity index is 615. The highest BCUT2D eigenvalue weighted by molar-refractivity contribution is 9.10. The van der Waals surface area contributed by atoms with Gasteiger partial charge in [0.05, 0.1) is 10.5 Å². The van der Waals surface area contributed by atoms with Crippen molar-refractivity contribution >= 4 is 33.5 Å². The van der Waals surface area contributed by atoms with Crippen molar-refractivity contribution in [2.45, 2.75) is 31.8 Å². The fourth-order valence-corrected chi connectivity index (χ4v) is 2.60. The fourth-order valence-electron chi connectivity index (χ4n) is 2.06. The van der Waals surface area contributed by atoms with Crippen molar-refractivity contribution in [3.05, 3.63) is 38.3 Å². The van der Waals surface area contributed by atoms with E-state index in [9.17, 15) is 19.7 Å². The number of hydrogen-bond donors (Lipinski definition) is 1. The van der Waals surface area contributed by atoms with Crippen LogP contribution in [0.2, 0.25) is 0 Å². The summed E-state index contributed by atoms with van der Waals surface area (Å²) < 4.78 is 0.282. The lowest BCUT2D eigenvalue weighted by molar-refractivity contribution is -0.384. The molecular formula is C13H13BrN2O5. The van der Waals surface area contributed by atoms with Crippen molar-refractivity contribution < 1.29 is 19.6 Å². The molecule has 1 aromatic carbocycles. The molecule has 0 aromatic heterocycles. The maximum absolute atomic E-state index is 12.5. The molecule has 1 atom stereocenters. The van der Waals surface area contributed by atoms with E-state index < -0.39 is 22.8 Å². The van der Waals surface area contributed by atoms with E-state index in [2.05, 4.69) is 15.9 Å².